The van der Waals surface area contributed by atoms with E-state index in [0.717, 1.165) is 16.4 Å². The number of rotatable bonds is 4. The Labute approximate surface area is 122 Å². The number of amides is 1. The Hall–Kier alpha value is -2.08. The molecule has 2 aromatic rings. The summed E-state index contributed by atoms with van der Waals surface area (Å²) in [6.07, 6.45) is 0. The Kier molecular flexibility index (Phi) is 4.24. The van der Waals surface area contributed by atoms with Gasteiger partial charge in [0.25, 0.3) is 5.91 Å². The van der Waals surface area contributed by atoms with Gasteiger partial charge in [-0.05, 0) is 32.0 Å². The number of nitrogens with zero attached hydrogens (tertiary/aromatic N) is 1. The topological polar surface area (TPSA) is 80.0 Å². The third-order valence-corrected chi connectivity index (χ3v) is 4.07. The molecule has 0 spiro atoms. The number of aryl methyl sites for hydroxylation is 1. The molecule has 0 aliphatic heterocycles. The van der Waals surface area contributed by atoms with E-state index in [4.69, 9.17) is 5.73 Å². The molecular weight excluding hydrogens is 272 g/mol. The first-order valence-corrected chi connectivity index (χ1v) is 7.19. The molecule has 1 aromatic carbocycles. The fourth-order valence-electron chi connectivity index (χ4n) is 1.85. The van der Waals surface area contributed by atoms with Crippen molar-refractivity contribution >= 4 is 28.6 Å². The van der Waals surface area contributed by atoms with Gasteiger partial charge in [0.2, 0.25) is 0 Å². The van der Waals surface area contributed by atoms with Crippen molar-refractivity contribution in [2.75, 3.05) is 18.1 Å². The fraction of sp³-hybridized carbons (Fsp3) is 0.286. The first-order valence-electron chi connectivity index (χ1n) is 6.31. The molecule has 1 atom stereocenters. The van der Waals surface area contributed by atoms with E-state index in [0.29, 0.717) is 11.3 Å². The molecule has 4 N–H and O–H groups in total. The van der Waals surface area contributed by atoms with Crippen molar-refractivity contribution in [2.45, 2.75) is 19.9 Å². The zero-order valence-electron chi connectivity index (χ0n) is 11.7. The van der Waals surface area contributed by atoms with Gasteiger partial charge in [0.15, 0.2) is 0 Å². The summed E-state index contributed by atoms with van der Waals surface area (Å²) in [5, 5.41) is 8.92. The quantitative estimate of drug-likeness (QED) is 0.756. The molecule has 0 aliphatic rings. The number of carbonyl (C=O) groups excluding carboxylic acids is 1. The molecule has 0 radical (unpaired) electrons. The van der Waals surface area contributed by atoms with Crippen LogP contribution in [0.3, 0.4) is 0 Å². The predicted molar refractivity (Wildman–Crippen MR) is 83.1 cm³/mol. The summed E-state index contributed by atoms with van der Waals surface area (Å²) in [6.45, 7) is 4.00. The van der Waals surface area contributed by atoms with Gasteiger partial charge < -0.3 is 16.4 Å². The van der Waals surface area contributed by atoms with Gasteiger partial charge in [0.05, 0.1) is 17.4 Å². The SMILES string of the molecule is CNC(=O)c1ccc(NC(C)c2nc(C)cs2)c(N)c1. The minimum absolute atomic E-state index is 0.0712. The summed E-state index contributed by atoms with van der Waals surface area (Å²) in [5.41, 5.74) is 8.90. The van der Waals surface area contributed by atoms with Crippen molar-refractivity contribution in [3.05, 3.63) is 39.8 Å². The number of nitrogens with one attached hydrogen (secondary N) is 2. The minimum Gasteiger partial charge on any atom is -0.397 e. The van der Waals surface area contributed by atoms with Crippen LogP contribution in [0.25, 0.3) is 0 Å². The highest BCUT2D eigenvalue weighted by Gasteiger charge is 2.12. The molecule has 0 saturated carbocycles. The Morgan fingerprint density at radius 2 is 2.20 bits per heavy atom. The molecule has 0 aliphatic carbocycles. The van der Waals surface area contributed by atoms with Crippen LogP contribution in [0.5, 0.6) is 0 Å². The summed E-state index contributed by atoms with van der Waals surface area (Å²) >= 11 is 1.62. The molecule has 1 amide bonds. The lowest BCUT2D eigenvalue weighted by molar-refractivity contribution is 0.0963. The highest BCUT2D eigenvalue weighted by atomic mass is 32.1. The molecule has 0 fully saturated rings. The number of nitrogen functional groups attached to an aromatic ring is 1. The molecule has 1 unspecified atom stereocenters. The van der Waals surface area contributed by atoms with Gasteiger partial charge in [-0.2, -0.15) is 0 Å². The van der Waals surface area contributed by atoms with Crippen LogP contribution < -0.4 is 16.4 Å². The molecule has 2 rings (SSSR count). The Morgan fingerprint density at radius 3 is 2.75 bits per heavy atom. The van der Waals surface area contributed by atoms with Gasteiger partial charge in [-0.1, -0.05) is 0 Å². The second-order valence-corrected chi connectivity index (χ2v) is 5.46. The average molecular weight is 290 g/mol. The Bertz CT molecular complexity index is 623. The molecule has 106 valence electrons. The van der Waals surface area contributed by atoms with Crippen LogP contribution in [0, 0.1) is 6.92 Å². The third kappa shape index (κ3) is 3.08. The molecule has 6 heteroatoms. The predicted octanol–water partition coefficient (Wildman–Crippen LogP) is 2.57. The van der Waals surface area contributed by atoms with Crippen molar-refractivity contribution in [3.8, 4) is 0 Å². The highest BCUT2D eigenvalue weighted by molar-refractivity contribution is 7.09. The summed E-state index contributed by atoms with van der Waals surface area (Å²) in [5.74, 6) is -0.146. The smallest absolute Gasteiger partial charge is 0.251 e. The maximum atomic E-state index is 11.5. The molecular formula is C14H18N4OS. The average Bonchev–Trinajstić information content (AvgIpc) is 2.86. The van der Waals surface area contributed by atoms with Crippen LogP contribution in [0.2, 0.25) is 0 Å². The maximum Gasteiger partial charge on any atom is 0.251 e. The van der Waals surface area contributed by atoms with E-state index in [-0.39, 0.29) is 11.9 Å². The summed E-state index contributed by atoms with van der Waals surface area (Å²) in [7, 11) is 1.59. The fourth-order valence-corrected chi connectivity index (χ4v) is 2.65. The zero-order valence-corrected chi connectivity index (χ0v) is 12.5. The molecule has 0 bridgehead atoms. The standard InChI is InChI=1S/C14H18N4OS/c1-8-7-20-14(17-8)9(2)18-12-5-4-10(6-11(12)15)13(19)16-3/h4-7,9,18H,15H2,1-3H3,(H,16,19). The number of thiazole rings is 1. The number of hydrogen-bond acceptors (Lipinski definition) is 5. The molecule has 0 saturated heterocycles. The van der Waals surface area contributed by atoms with Crippen LogP contribution in [-0.2, 0) is 0 Å². The van der Waals surface area contributed by atoms with Gasteiger partial charge in [-0.3, -0.25) is 4.79 Å². The van der Waals surface area contributed by atoms with Crippen molar-refractivity contribution in [1.82, 2.24) is 10.3 Å². The van der Waals surface area contributed by atoms with Crippen molar-refractivity contribution < 1.29 is 4.79 Å². The van der Waals surface area contributed by atoms with Crippen molar-refractivity contribution in [3.63, 3.8) is 0 Å². The first kappa shape index (κ1) is 14.3. The maximum absolute atomic E-state index is 11.5. The normalized spacial score (nSPS) is 11.9. The lowest BCUT2D eigenvalue weighted by Gasteiger charge is -2.15. The number of anilines is 2. The lowest BCUT2D eigenvalue weighted by atomic mass is 10.1. The lowest BCUT2D eigenvalue weighted by Crippen LogP contribution is -2.18. The van der Waals surface area contributed by atoms with Gasteiger partial charge in [0.1, 0.15) is 5.01 Å². The molecule has 1 aromatic heterocycles. The number of carbonyl (C=O) groups is 1. The van der Waals surface area contributed by atoms with E-state index in [1.54, 1.807) is 30.5 Å². The van der Waals surface area contributed by atoms with E-state index in [2.05, 4.69) is 15.6 Å². The van der Waals surface area contributed by atoms with Crippen molar-refractivity contribution in [2.24, 2.45) is 0 Å². The Morgan fingerprint density at radius 1 is 1.45 bits per heavy atom. The van der Waals surface area contributed by atoms with Gasteiger partial charge in [0, 0.05) is 23.7 Å². The van der Waals surface area contributed by atoms with Crippen LogP contribution in [0.4, 0.5) is 11.4 Å². The zero-order chi connectivity index (χ0) is 14.7. The summed E-state index contributed by atoms with van der Waals surface area (Å²) < 4.78 is 0. The van der Waals surface area contributed by atoms with Gasteiger partial charge in [-0.25, -0.2) is 4.98 Å². The van der Waals surface area contributed by atoms with Crippen LogP contribution in [0.1, 0.15) is 34.0 Å². The summed E-state index contributed by atoms with van der Waals surface area (Å²) in [4.78, 5) is 16.0. The highest BCUT2D eigenvalue weighted by Crippen LogP contribution is 2.26. The van der Waals surface area contributed by atoms with Gasteiger partial charge in [-0.15, -0.1) is 11.3 Å². The number of benzene rings is 1. The third-order valence-electron chi connectivity index (χ3n) is 2.92. The second-order valence-electron chi connectivity index (χ2n) is 4.57. The van der Waals surface area contributed by atoms with Crippen LogP contribution in [-0.4, -0.2) is 17.9 Å². The molecule has 1 heterocycles. The number of hydrogen-bond donors (Lipinski definition) is 3. The van der Waals surface area contributed by atoms with Crippen molar-refractivity contribution in [1.29, 1.82) is 0 Å². The van der Waals surface area contributed by atoms with E-state index >= 15 is 0 Å². The van der Waals surface area contributed by atoms with Gasteiger partial charge >= 0.3 is 0 Å². The van der Waals surface area contributed by atoms with E-state index in [9.17, 15) is 4.79 Å². The number of aromatic nitrogens is 1. The van der Waals surface area contributed by atoms with Crippen LogP contribution in [0.15, 0.2) is 23.6 Å². The molecule has 5 nitrogen and oxygen atoms in total. The first-order chi connectivity index (χ1) is 9.51. The van der Waals surface area contributed by atoms with E-state index in [1.807, 2.05) is 25.3 Å². The van der Waals surface area contributed by atoms with Crippen LogP contribution >= 0.6 is 11.3 Å². The summed E-state index contributed by atoms with van der Waals surface area (Å²) in [6, 6.07) is 5.30. The Balaban J connectivity index is 2.15. The minimum atomic E-state index is -0.146. The van der Waals surface area contributed by atoms with E-state index in [1.165, 1.54) is 0 Å². The van der Waals surface area contributed by atoms with E-state index < -0.39 is 0 Å². The molecule has 20 heavy (non-hydrogen) atoms. The largest absolute Gasteiger partial charge is 0.397 e. The number of nitrogens with two attached hydrogens (primary N) is 1. The monoisotopic (exact) mass is 290 g/mol. The second kappa shape index (κ2) is 5.92.